The number of hydrogen-bond donors (Lipinski definition) is 2. The second-order valence-electron chi connectivity index (χ2n) is 4.75. The number of carbonyl (C=O) groups is 1. The van der Waals surface area contributed by atoms with E-state index < -0.39 is 0 Å². The van der Waals surface area contributed by atoms with E-state index in [-0.39, 0.29) is 5.91 Å². The van der Waals surface area contributed by atoms with Crippen LogP contribution in [0.2, 0.25) is 0 Å². The third kappa shape index (κ3) is 4.57. The van der Waals surface area contributed by atoms with Crippen molar-refractivity contribution in [3.05, 3.63) is 29.3 Å². The van der Waals surface area contributed by atoms with Crippen LogP contribution in [0.5, 0.6) is 0 Å². The molecule has 0 radical (unpaired) electrons. The summed E-state index contributed by atoms with van der Waals surface area (Å²) in [7, 11) is 0. The van der Waals surface area contributed by atoms with E-state index in [4.69, 9.17) is 5.73 Å². The van der Waals surface area contributed by atoms with E-state index in [9.17, 15) is 4.79 Å². The van der Waals surface area contributed by atoms with Gasteiger partial charge in [0.05, 0.1) is 0 Å². The lowest BCUT2D eigenvalue weighted by Gasteiger charge is -2.11. The van der Waals surface area contributed by atoms with E-state index in [2.05, 4.69) is 12.2 Å². The van der Waals surface area contributed by atoms with Crippen LogP contribution in [0, 0.1) is 19.8 Å². The molecule has 1 aromatic carbocycles. The van der Waals surface area contributed by atoms with Crippen LogP contribution in [0.4, 0.5) is 5.69 Å². The van der Waals surface area contributed by atoms with Gasteiger partial charge in [0.15, 0.2) is 0 Å². The van der Waals surface area contributed by atoms with Gasteiger partial charge in [-0.05, 0) is 49.9 Å². The molecule has 94 valence electrons. The maximum atomic E-state index is 11.7. The lowest BCUT2D eigenvalue weighted by Crippen LogP contribution is -2.16. The van der Waals surface area contributed by atoms with Crippen molar-refractivity contribution in [2.75, 3.05) is 11.9 Å². The number of aryl methyl sites for hydroxylation is 2. The van der Waals surface area contributed by atoms with Crippen molar-refractivity contribution in [2.45, 2.75) is 33.6 Å². The van der Waals surface area contributed by atoms with Gasteiger partial charge in [-0.2, -0.15) is 0 Å². The maximum absolute atomic E-state index is 11.7. The Morgan fingerprint density at radius 1 is 1.41 bits per heavy atom. The predicted molar refractivity (Wildman–Crippen MR) is 72.0 cm³/mol. The Morgan fingerprint density at radius 2 is 2.12 bits per heavy atom. The van der Waals surface area contributed by atoms with Crippen LogP contribution in [-0.2, 0) is 4.79 Å². The van der Waals surface area contributed by atoms with Crippen LogP contribution in [-0.4, -0.2) is 12.5 Å². The monoisotopic (exact) mass is 234 g/mol. The van der Waals surface area contributed by atoms with E-state index >= 15 is 0 Å². The smallest absolute Gasteiger partial charge is 0.224 e. The zero-order valence-electron chi connectivity index (χ0n) is 10.9. The molecule has 0 aliphatic carbocycles. The summed E-state index contributed by atoms with van der Waals surface area (Å²) in [6.07, 6.45) is 1.37. The molecule has 1 rings (SSSR count). The van der Waals surface area contributed by atoms with E-state index in [0.29, 0.717) is 18.9 Å². The molecule has 3 N–H and O–H groups in total. The highest BCUT2D eigenvalue weighted by atomic mass is 16.1. The minimum atomic E-state index is 0.0685. The van der Waals surface area contributed by atoms with Crippen LogP contribution in [0.25, 0.3) is 0 Å². The molecule has 0 bridgehead atoms. The zero-order valence-corrected chi connectivity index (χ0v) is 10.9. The van der Waals surface area contributed by atoms with Crippen LogP contribution in [0.3, 0.4) is 0 Å². The molecule has 0 spiro atoms. The maximum Gasteiger partial charge on any atom is 0.224 e. The number of nitrogens with one attached hydrogen (secondary N) is 1. The summed E-state index contributed by atoms with van der Waals surface area (Å²) in [5.41, 5.74) is 8.68. The lowest BCUT2D eigenvalue weighted by molar-refractivity contribution is -0.116. The van der Waals surface area contributed by atoms with E-state index in [1.807, 2.05) is 32.0 Å². The third-order valence-corrected chi connectivity index (χ3v) is 2.93. The molecule has 1 amide bonds. The normalized spacial score (nSPS) is 12.2. The summed E-state index contributed by atoms with van der Waals surface area (Å²) in [6, 6.07) is 6.06. The van der Waals surface area contributed by atoms with Gasteiger partial charge in [0.1, 0.15) is 0 Å². The Balaban J connectivity index is 2.53. The molecule has 1 atom stereocenters. The average molecular weight is 234 g/mol. The van der Waals surface area contributed by atoms with Crippen molar-refractivity contribution < 1.29 is 4.79 Å². The fraction of sp³-hybridized carbons (Fsp3) is 0.500. The third-order valence-electron chi connectivity index (χ3n) is 2.93. The molecule has 17 heavy (non-hydrogen) atoms. The van der Waals surface area contributed by atoms with E-state index in [1.54, 1.807) is 0 Å². The Hall–Kier alpha value is -1.35. The summed E-state index contributed by atoms with van der Waals surface area (Å²) in [5, 5.41) is 2.95. The number of rotatable bonds is 5. The molecule has 0 saturated heterocycles. The van der Waals surface area contributed by atoms with Crippen molar-refractivity contribution >= 4 is 11.6 Å². The molecular formula is C14H22N2O. The molecule has 3 nitrogen and oxygen atoms in total. The molecule has 1 unspecified atom stereocenters. The topological polar surface area (TPSA) is 55.1 Å². The van der Waals surface area contributed by atoms with Crippen molar-refractivity contribution in [2.24, 2.45) is 11.7 Å². The van der Waals surface area contributed by atoms with Gasteiger partial charge in [-0.25, -0.2) is 0 Å². The lowest BCUT2D eigenvalue weighted by atomic mass is 10.1. The van der Waals surface area contributed by atoms with E-state index in [0.717, 1.165) is 23.2 Å². The molecule has 0 fully saturated rings. The quantitative estimate of drug-likeness (QED) is 0.822. The van der Waals surface area contributed by atoms with Crippen molar-refractivity contribution in [1.29, 1.82) is 0 Å². The number of carbonyl (C=O) groups excluding carboxylic acids is 1. The molecule has 0 aromatic heterocycles. The van der Waals surface area contributed by atoms with Crippen molar-refractivity contribution in [3.8, 4) is 0 Å². The highest BCUT2D eigenvalue weighted by molar-refractivity contribution is 5.91. The predicted octanol–water partition coefficient (Wildman–Crippen LogP) is 2.62. The summed E-state index contributed by atoms with van der Waals surface area (Å²) in [5.74, 6) is 0.471. The van der Waals surface area contributed by atoms with Gasteiger partial charge in [0.2, 0.25) is 5.91 Å². The molecule has 0 saturated carbocycles. The molecule has 1 aromatic rings. The van der Waals surface area contributed by atoms with Crippen LogP contribution < -0.4 is 11.1 Å². The zero-order chi connectivity index (χ0) is 12.8. The number of benzene rings is 1. The first kappa shape index (κ1) is 13.7. The van der Waals surface area contributed by atoms with E-state index in [1.165, 1.54) is 0 Å². The van der Waals surface area contributed by atoms with Crippen molar-refractivity contribution in [3.63, 3.8) is 0 Å². The summed E-state index contributed by atoms with van der Waals surface area (Å²) < 4.78 is 0. The van der Waals surface area contributed by atoms with Gasteiger partial charge in [-0.3, -0.25) is 4.79 Å². The molecular weight excluding hydrogens is 212 g/mol. The average Bonchev–Trinajstić information content (AvgIpc) is 2.30. The van der Waals surface area contributed by atoms with Gasteiger partial charge in [0, 0.05) is 12.1 Å². The second-order valence-corrected chi connectivity index (χ2v) is 4.75. The first-order valence-corrected chi connectivity index (χ1v) is 6.10. The fourth-order valence-electron chi connectivity index (χ4n) is 1.58. The van der Waals surface area contributed by atoms with Gasteiger partial charge in [-0.1, -0.05) is 19.1 Å². The Labute approximate surface area is 103 Å². The van der Waals surface area contributed by atoms with Gasteiger partial charge >= 0.3 is 0 Å². The van der Waals surface area contributed by atoms with Crippen LogP contribution >= 0.6 is 0 Å². The summed E-state index contributed by atoms with van der Waals surface area (Å²) in [4.78, 5) is 11.7. The molecule has 0 aliphatic rings. The molecule has 3 heteroatoms. The summed E-state index contributed by atoms with van der Waals surface area (Å²) >= 11 is 0. The van der Waals surface area contributed by atoms with Gasteiger partial charge in [-0.15, -0.1) is 0 Å². The minimum Gasteiger partial charge on any atom is -0.330 e. The first-order chi connectivity index (χ1) is 8.02. The number of nitrogens with two attached hydrogens (primary N) is 1. The SMILES string of the molecule is Cc1ccc(C)c(NC(=O)CCC(C)CN)c1. The number of amides is 1. The standard InChI is InChI=1S/C14H22N2O/c1-10-4-6-12(3)13(8-10)16-14(17)7-5-11(2)9-15/h4,6,8,11H,5,7,9,15H2,1-3H3,(H,16,17). The van der Waals surface area contributed by atoms with Gasteiger partial charge < -0.3 is 11.1 Å². The first-order valence-electron chi connectivity index (χ1n) is 6.10. The Morgan fingerprint density at radius 3 is 2.76 bits per heavy atom. The highest BCUT2D eigenvalue weighted by Crippen LogP contribution is 2.17. The second kappa shape index (κ2) is 6.40. The van der Waals surface area contributed by atoms with Crippen molar-refractivity contribution in [1.82, 2.24) is 0 Å². The Bertz CT molecular complexity index is 388. The Kier molecular flexibility index (Phi) is 5.16. The number of hydrogen-bond acceptors (Lipinski definition) is 2. The van der Waals surface area contributed by atoms with Crippen LogP contribution in [0.1, 0.15) is 30.9 Å². The largest absolute Gasteiger partial charge is 0.330 e. The highest BCUT2D eigenvalue weighted by Gasteiger charge is 2.07. The fourth-order valence-corrected chi connectivity index (χ4v) is 1.58. The molecule has 0 aliphatic heterocycles. The van der Waals surface area contributed by atoms with Gasteiger partial charge in [0.25, 0.3) is 0 Å². The minimum absolute atomic E-state index is 0.0685. The summed E-state index contributed by atoms with van der Waals surface area (Å²) in [6.45, 7) is 6.71. The molecule has 0 heterocycles. The van der Waals surface area contributed by atoms with Crippen LogP contribution in [0.15, 0.2) is 18.2 Å². The number of anilines is 1.